The monoisotopic (exact) mass is 285 g/mol. The quantitative estimate of drug-likeness (QED) is 0.866. The van der Waals surface area contributed by atoms with Gasteiger partial charge in [-0.3, -0.25) is 0 Å². The third-order valence-electron chi connectivity index (χ3n) is 1.91. The molecule has 16 heavy (non-hydrogen) atoms. The minimum Gasteiger partial charge on any atom is -0.491 e. The van der Waals surface area contributed by atoms with Crippen LogP contribution in [-0.4, -0.2) is 28.0 Å². The van der Waals surface area contributed by atoms with Crippen LogP contribution in [0.2, 0.25) is 0 Å². The van der Waals surface area contributed by atoms with Crippen LogP contribution in [0.1, 0.15) is 0 Å². The lowest BCUT2D eigenvalue weighted by atomic mass is 10.3. The number of aromatic nitrogens is 3. The van der Waals surface area contributed by atoms with Gasteiger partial charge < -0.3 is 4.74 Å². The maximum atomic E-state index is 11.9. The van der Waals surface area contributed by atoms with E-state index >= 15 is 0 Å². The van der Waals surface area contributed by atoms with Gasteiger partial charge in [-0.1, -0.05) is 0 Å². The van der Waals surface area contributed by atoms with Crippen LogP contribution in [-0.2, 0) is 0 Å². The van der Waals surface area contributed by atoms with Crippen molar-refractivity contribution in [3.63, 3.8) is 0 Å². The highest BCUT2D eigenvalue weighted by molar-refractivity contribution is 9.10. The van der Waals surface area contributed by atoms with Crippen molar-refractivity contribution in [1.29, 1.82) is 0 Å². The molecule has 0 radical (unpaired) electrons. The van der Waals surface area contributed by atoms with Crippen LogP contribution in [0.5, 0.6) is 5.75 Å². The van der Waals surface area contributed by atoms with E-state index in [0.717, 1.165) is 5.69 Å². The number of rotatable bonds is 4. The topological polar surface area (TPSA) is 39.9 Å². The standard InChI is InChI=1S/C10H9BrFN3O/c11-10-13-7-15(14-10)8-1-3-9(4-2-8)16-6-5-12/h1-4,7H,5-6H2. The molecule has 1 aromatic heterocycles. The van der Waals surface area contributed by atoms with E-state index in [-0.39, 0.29) is 6.61 Å². The first-order chi connectivity index (χ1) is 7.79. The summed E-state index contributed by atoms with van der Waals surface area (Å²) in [5.74, 6) is 0.639. The molecule has 2 rings (SSSR count). The molecular weight excluding hydrogens is 277 g/mol. The van der Waals surface area contributed by atoms with Crippen LogP contribution in [0.15, 0.2) is 35.3 Å². The molecule has 0 saturated heterocycles. The van der Waals surface area contributed by atoms with Gasteiger partial charge >= 0.3 is 0 Å². The van der Waals surface area contributed by atoms with Crippen molar-refractivity contribution in [1.82, 2.24) is 14.8 Å². The van der Waals surface area contributed by atoms with E-state index in [2.05, 4.69) is 26.0 Å². The van der Waals surface area contributed by atoms with Gasteiger partial charge in [-0.25, -0.2) is 14.1 Å². The van der Waals surface area contributed by atoms with Crippen molar-refractivity contribution in [3.8, 4) is 11.4 Å². The first-order valence-electron chi connectivity index (χ1n) is 4.66. The molecule has 0 amide bonds. The van der Waals surface area contributed by atoms with E-state index in [4.69, 9.17) is 4.74 Å². The number of ether oxygens (including phenoxy) is 1. The van der Waals surface area contributed by atoms with Crippen molar-refractivity contribution in [3.05, 3.63) is 35.3 Å². The van der Waals surface area contributed by atoms with Crippen LogP contribution in [0.25, 0.3) is 5.69 Å². The Morgan fingerprint density at radius 3 is 2.62 bits per heavy atom. The summed E-state index contributed by atoms with van der Waals surface area (Å²) in [7, 11) is 0. The maximum Gasteiger partial charge on any atom is 0.217 e. The molecule has 0 atom stereocenters. The Bertz CT molecular complexity index is 457. The summed E-state index contributed by atoms with van der Waals surface area (Å²) in [6.07, 6.45) is 1.60. The molecule has 0 N–H and O–H groups in total. The van der Waals surface area contributed by atoms with Crippen molar-refractivity contribution in [2.45, 2.75) is 0 Å². The second-order valence-electron chi connectivity index (χ2n) is 2.99. The zero-order valence-electron chi connectivity index (χ0n) is 8.31. The average Bonchev–Trinajstić information content (AvgIpc) is 2.74. The molecule has 0 fully saturated rings. The molecule has 0 spiro atoms. The summed E-state index contributed by atoms with van der Waals surface area (Å²) in [5.41, 5.74) is 0.866. The van der Waals surface area contributed by atoms with E-state index in [9.17, 15) is 4.39 Å². The number of nitrogens with zero attached hydrogens (tertiary/aromatic N) is 3. The fourth-order valence-electron chi connectivity index (χ4n) is 1.22. The number of hydrogen-bond donors (Lipinski definition) is 0. The zero-order chi connectivity index (χ0) is 11.4. The van der Waals surface area contributed by atoms with Crippen LogP contribution in [0.3, 0.4) is 0 Å². The minimum absolute atomic E-state index is 0.0776. The second-order valence-corrected chi connectivity index (χ2v) is 3.70. The summed E-state index contributed by atoms with van der Waals surface area (Å²) in [4.78, 5) is 3.95. The molecule has 0 unspecified atom stereocenters. The predicted molar refractivity (Wildman–Crippen MR) is 60.5 cm³/mol. The summed E-state index contributed by atoms with van der Waals surface area (Å²) in [6, 6.07) is 7.19. The van der Waals surface area contributed by atoms with Crippen LogP contribution in [0.4, 0.5) is 4.39 Å². The lowest BCUT2D eigenvalue weighted by Gasteiger charge is -2.04. The highest BCUT2D eigenvalue weighted by atomic mass is 79.9. The smallest absolute Gasteiger partial charge is 0.217 e. The van der Waals surface area contributed by atoms with Gasteiger partial charge in [0.2, 0.25) is 4.73 Å². The zero-order valence-corrected chi connectivity index (χ0v) is 9.89. The number of benzene rings is 1. The van der Waals surface area contributed by atoms with Gasteiger partial charge in [0.05, 0.1) is 5.69 Å². The Labute approximate surface area is 100 Å². The van der Waals surface area contributed by atoms with Crippen LogP contribution in [0, 0.1) is 0 Å². The van der Waals surface area contributed by atoms with Gasteiger partial charge in [-0.05, 0) is 40.2 Å². The normalized spacial score (nSPS) is 10.4. The Hall–Kier alpha value is -1.43. The van der Waals surface area contributed by atoms with E-state index in [1.165, 1.54) is 0 Å². The van der Waals surface area contributed by atoms with Gasteiger partial charge in [0.1, 0.15) is 25.4 Å². The molecule has 6 heteroatoms. The van der Waals surface area contributed by atoms with Gasteiger partial charge in [0, 0.05) is 0 Å². The highest BCUT2D eigenvalue weighted by Crippen LogP contribution is 2.15. The molecule has 1 aromatic carbocycles. The molecule has 0 aliphatic rings. The lowest BCUT2D eigenvalue weighted by Crippen LogP contribution is -1.99. The summed E-state index contributed by atoms with van der Waals surface area (Å²) >= 11 is 3.17. The number of hydrogen-bond acceptors (Lipinski definition) is 3. The first kappa shape index (κ1) is 11.1. The van der Waals surface area contributed by atoms with Gasteiger partial charge in [0.15, 0.2) is 0 Å². The molecule has 0 saturated carbocycles. The maximum absolute atomic E-state index is 11.9. The van der Waals surface area contributed by atoms with Crippen molar-refractivity contribution in [2.75, 3.05) is 13.3 Å². The van der Waals surface area contributed by atoms with Gasteiger partial charge in [-0.2, -0.15) is 0 Å². The SMILES string of the molecule is FCCOc1ccc(-n2cnc(Br)n2)cc1. The molecule has 84 valence electrons. The number of alkyl halides is 1. The van der Waals surface area contributed by atoms with E-state index in [0.29, 0.717) is 10.5 Å². The Balaban J connectivity index is 2.13. The first-order valence-corrected chi connectivity index (χ1v) is 5.45. The summed E-state index contributed by atoms with van der Waals surface area (Å²) in [5, 5.41) is 4.09. The minimum atomic E-state index is -0.488. The fourth-order valence-corrected chi connectivity index (χ4v) is 1.48. The van der Waals surface area contributed by atoms with E-state index < -0.39 is 6.67 Å². The van der Waals surface area contributed by atoms with Gasteiger partial charge in [-0.15, -0.1) is 5.10 Å². The van der Waals surface area contributed by atoms with Gasteiger partial charge in [0.25, 0.3) is 0 Å². The van der Waals surface area contributed by atoms with Crippen LogP contribution >= 0.6 is 15.9 Å². The molecule has 4 nitrogen and oxygen atoms in total. The molecular formula is C10H9BrFN3O. The summed E-state index contributed by atoms with van der Waals surface area (Å²) in [6.45, 7) is -0.411. The van der Waals surface area contributed by atoms with E-state index in [1.54, 1.807) is 23.1 Å². The molecule has 0 aliphatic carbocycles. The van der Waals surface area contributed by atoms with E-state index in [1.807, 2.05) is 12.1 Å². The second kappa shape index (κ2) is 5.07. The Morgan fingerprint density at radius 2 is 2.06 bits per heavy atom. The van der Waals surface area contributed by atoms with Crippen LogP contribution < -0.4 is 4.74 Å². The largest absolute Gasteiger partial charge is 0.491 e. The third kappa shape index (κ3) is 2.57. The lowest BCUT2D eigenvalue weighted by molar-refractivity contribution is 0.273. The van der Waals surface area contributed by atoms with Crippen molar-refractivity contribution >= 4 is 15.9 Å². The fraction of sp³-hybridized carbons (Fsp3) is 0.200. The molecule has 0 bridgehead atoms. The average molecular weight is 286 g/mol. The third-order valence-corrected chi connectivity index (χ3v) is 2.27. The molecule has 1 heterocycles. The Kier molecular flexibility index (Phi) is 3.51. The Morgan fingerprint density at radius 1 is 1.31 bits per heavy atom. The van der Waals surface area contributed by atoms with Crippen molar-refractivity contribution < 1.29 is 9.13 Å². The van der Waals surface area contributed by atoms with Crippen molar-refractivity contribution in [2.24, 2.45) is 0 Å². The predicted octanol–water partition coefficient (Wildman–Crippen LogP) is 2.38. The summed E-state index contributed by atoms with van der Waals surface area (Å²) < 4.78 is 19.2. The highest BCUT2D eigenvalue weighted by Gasteiger charge is 2.00. The number of halogens is 2. The molecule has 2 aromatic rings. The molecule has 0 aliphatic heterocycles.